The molecule has 74 valence electrons. The highest BCUT2D eigenvalue weighted by Crippen LogP contribution is 2.30. The van der Waals surface area contributed by atoms with Crippen molar-refractivity contribution in [3.8, 4) is 0 Å². The van der Waals surface area contributed by atoms with Crippen LogP contribution in [0, 0.1) is 0 Å². The van der Waals surface area contributed by atoms with Gasteiger partial charge in [-0.3, -0.25) is 0 Å². The van der Waals surface area contributed by atoms with Crippen molar-refractivity contribution in [3.05, 3.63) is 23.8 Å². The number of anilines is 1. The molecule has 0 saturated heterocycles. The minimum absolute atomic E-state index is 0.0471. The number of nitrogen functional groups attached to an aromatic ring is 1. The van der Waals surface area contributed by atoms with Gasteiger partial charge in [-0.25, -0.2) is 0 Å². The number of para-hydroxylation sites is 1. The van der Waals surface area contributed by atoms with Gasteiger partial charge >= 0.3 is 0 Å². The molecule has 2 aromatic rings. The predicted octanol–water partition coefficient (Wildman–Crippen LogP) is 2.71. The first-order valence-corrected chi connectivity index (χ1v) is 4.64. The molecule has 0 saturated carbocycles. The zero-order valence-corrected chi connectivity index (χ0v) is 8.66. The van der Waals surface area contributed by atoms with E-state index in [9.17, 15) is 0 Å². The van der Waals surface area contributed by atoms with Gasteiger partial charge in [0.05, 0.1) is 0 Å². The van der Waals surface area contributed by atoms with Crippen molar-refractivity contribution in [3.63, 3.8) is 0 Å². The average Bonchev–Trinajstić information content (AvgIpc) is 2.41. The molecule has 0 aliphatic rings. The lowest BCUT2D eigenvalue weighted by atomic mass is 9.86. The molecule has 0 bridgehead atoms. The van der Waals surface area contributed by atoms with Crippen molar-refractivity contribution in [1.82, 2.24) is 4.98 Å². The summed E-state index contributed by atoms with van der Waals surface area (Å²) in [6.07, 6.45) is 0. The molecule has 0 aliphatic carbocycles. The summed E-state index contributed by atoms with van der Waals surface area (Å²) in [5.74, 6) is 0. The molecule has 3 nitrogen and oxygen atoms in total. The van der Waals surface area contributed by atoms with E-state index in [1.807, 2.05) is 18.2 Å². The van der Waals surface area contributed by atoms with Crippen LogP contribution >= 0.6 is 0 Å². The van der Waals surface area contributed by atoms with Crippen LogP contribution in [-0.2, 0) is 5.41 Å². The Morgan fingerprint density at radius 1 is 1.29 bits per heavy atom. The second kappa shape index (κ2) is 2.74. The standard InChI is InChI=1S/C11H14N2O/c1-11(2,3)7-5-4-6-8-9(7)14-10(12)13-8/h4-6H,1-3H3,(H2,12,13). The van der Waals surface area contributed by atoms with Gasteiger partial charge in [0.1, 0.15) is 5.52 Å². The third-order valence-electron chi connectivity index (χ3n) is 2.24. The maximum atomic E-state index is 5.52. The second-order valence-electron chi connectivity index (χ2n) is 4.46. The number of aromatic nitrogens is 1. The number of benzene rings is 1. The molecule has 0 fully saturated rings. The van der Waals surface area contributed by atoms with E-state index in [1.165, 1.54) is 0 Å². The summed E-state index contributed by atoms with van der Waals surface area (Å²) in [6, 6.07) is 6.17. The Morgan fingerprint density at radius 2 is 2.00 bits per heavy atom. The first-order valence-electron chi connectivity index (χ1n) is 4.64. The molecule has 0 aliphatic heterocycles. The highest BCUT2D eigenvalue weighted by molar-refractivity contribution is 5.78. The summed E-state index contributed by atoms with van der Waals surface area (Å²) in [7, 11) is 0. The fourth-order valence-corrected chi connectivity index (χ4v) is 1.56. The minimum atomic E-state index is 0.0471. The monoisotopic (exact) mass is 190 g/mol. The average molecular weight is 190 g/mol. The number of hydrogen-bond acceptors (Lipinski definition) is 3. The Bertz CT molecular complexity index is 466. The van der Waals surface area contributed by atoms with Gasteiger partial charge in [-0.1, -0.05) is 32.9 Å². The normalized spacial score (nSPS) is 12.2. The number of nitrogens with zero attached hydrogens (tertiary/aromatic N) is 1. The molecule has 2 N–H and O–H groups in total. The van der Waals surface area contributed by atoms with Crippen molar-refractivity contribution in [1.29, 1.82) is 0 Å². The van der Waals surface area contributed by atoms with Gasteiger partial charge < -0.3 is 10.2 Å². The molecule has 1 heterocycles. The molecule has 0 amide bonds. The van der Waals surface area contributed by atoms with Gasteiger partial charge in [-0.2, -0.15) is 4.98 Å². The zero-order valence-electron chi connectivity index (χ0n) is 8.66. The van der Waals surface area contributed by atoms with Gasteiger partial charge in [-0.15, -0.1) is 0 Å². The van der Waals surface area contributed by atoms with Crippen LogP contribution in [0.25, 0.3) is 11.1 Å². The van der Waals surface area contributed by atoms with Crippen LogP contribution in [0.5, 0.6) is 0 Å². The van der Waals surface area contributed by atoms with Gasteiger partial charge in [0, 0.05) is 5.56 Å². The summed E-state index contributed by atoms with van der Waals surface area (Å²) in [6.45, 7) is 6.42. The van der Waals surface area contributed by atoms with Gasteiger partial charge in [0.2, 0.25) is 0 Å². The lowest BCUT2D eigenvalue weighted by Gasteiger charge is -2.18. The van der Waals surface area contributed by atoms with E-state index in [2.05, 4.69) is 25.8 Å². The summed E-state index contributed by atoms with van der Waals surface area (Å²) in [5, 5.41) is 0. The van der Waals surface area contributed by atoms with Crippen molar-refractivity contribution < 1.29 is 4.42 Å². The third kappa shape index (κ3) is 1.35. The maximum absolute atomic E-state index is 5.52. The van der Waals surface area contributed by atoms with E-state index in [1.54, 1.807) is 0 Å². The molecular weight excluding hydrogens is 176 g/mol. The Morgan fingerprint density at radius 3 is 2.64 bits per heavy atom. The van der Waals surface area contributed by atoms with Crippen LogP contribution in [0.2, 0.25) is 0 Å². The van der Waals surface area contributed by atoms with E-state index in [0.717, 1.165) is 16.7 Å². The Hall–Kier alpha value is -1.51. The van der Waals surface area contributed by atoms with E-state index >= 15 is 0 Å². The number of oxazole rings is 1. The Balaban J connectivity index is 2.77. The molecule has 14 heavy (non-hydrogen) atoms. The first kappa shape index (κ1) is 9.06. The second-order valence-corrected chi connectivity index (χ2v) is 4.46. The fourth-order valence-electron chi connectivity index (χ4n) is 1.56. The number of rotatable bonds is 0. The summed E-state index contributed by atoms with van der Waals surface area (Å²) >= 11 is 0. The maximum Gasteiger partial charge on any atom is 0.292 e. The number of hydrogen-bond donors (Lipinski definition) is 1. The van der Waals surface area contributed by atoms with E-state index in [0.29, 0.717) is 0 Å². The molecule has 1 aromatic heterocycles. The van der Waals surface area contributed by atoms with Crippen molar-refractivity contribution in [2.24, 2.45) is 0 Å². The Labute approximate surface area is 82.9 Å². The molecule has 2 rings (SSSR count). The topological polar surface area (TPSA) is 52.0 Å². The van der Waals surface area contributed by atoms with Gasteiger partial charge in [-0.05, 0) is 11.5 Å². The van der Waals surface area contributed by atoms with Crippen LogP contribution in [0.3, 0.4) is 0 Å². The lowest BCUT2D eigenvalue weighted by Crippen LogP contribution is -2.10. The Kier molecular flexibility index (Phi) is 1.77. The van der Waals surface area contributed by atoms with Gasteiger partial charge in [0.15, 0.2) is 5.58 Å². The van der Waals surface area contributed by atoms with E-state index in [-0.39, 0.29) is 11.4 Å². The van der Waals surface area contributed by atoms with Crippen LogP contribution in [-0.4, -0.2) is 4.98 Å². The largest absolute Gasteiger partial charge is 0.423 e. The van der Waals surface area contributed by atoms with Gasteiger partial charge in [0.25, 0.3) is 6.01 Å². The summed E-state index contributed by atoms with van der Waals surface area (Å²) < 4.78 is 5.39. The highest BCUT2D eigenvalue weighted by Gasteiger charge is 2.19. The lowest BCUT2D eigenvalue weighted by molar-refractivity contribution is 0.563. The fraction of sp³-hybridized carbons (Fsp3) is 0.364. The van der Waals surface area contributed by atoms with Crippen molar-refractivity contribution >= 4 is 17.1 Å². The zero-order chi connectivity index (χ0) is 10.3. The molecule has 0 unspecified atom stereocenters. The quantitative estimate of drug-likeness (QED) is 0.694. The number of fused-ring (bicyclic) bond motifs is 1. The third-order valence-corrected chi connectivity index (χ3v) is 2.24. The highest BCUT2D eigenvalue weighted by atomic mass is 16.4. The van der Waals surface area contributed by atoms with E-state index in [4.69, 9.17) is 10.2 Å². The molecule has 0 spiro atoms. The van der Waals surface area contributed by atoms with Crippen molar-refractivity contribution in [2.75, 3.05) is 5.73 Å². The summed E-state index contributed by atoms with van der Waals surface area (Å²) in [5.41, 5.74) is 8.34. The van der Waals surface area contributed by atoms with Crippen molar-refractivity contribution in [2.45, 2.75) is 26.2 Å². The smallest absolute Gasteiger partial charge is 0.292 e. The molecule has 3 heteroatoms. The first-order chi connectivity index (χ1) is 6.48. The minimum Gasteiger partial charge on any atom is -0.423 e. The predicted molar refractivity (Wildman–Crippen MR) is 57.1 cm³/mol. The van der Waals surface area contributed by atoms with E-state index < -0.39 is 0 Å². The van der Waals surface area contributed by atoms with Crippen LogP contribution < -0.4 is 5.73 Å². The molecule has 1 aromatic carbocycles. The summed E-state index contributed by atoms with van der Waals surface area (Å²) in [4.78, 5) is 4.10. The SMILES string of the molecule is CC(C)(C)c1cccc2nc(N)oc12. The van der Waals surface area contributed by atoms with Crippen LogP contribution in [0.4, 0.5) is 6.01 Å². The van der Waals surface area contributed by atoms with Crippen LogP contribution in [0.15, 0.2) is 22.6 Å². The molecule has 0 atom stereocenters. The molecular formula is C11H14N2O. The molecule has 0 radical (unpaired) electrons. The van der Waals surface area contributed by atoms with Crippen LogP contribution in [0.1, 0.15) is 26.3 Å². The number of nitrogens with two attached hydrogens (primary N) is 1.